The zero-order chi connectivity index (χ0) is 13.9. The van der Waals surface area contributed by atoms with E-state index in [0.29, 0.717) is 12.1 Å². The zero-order valence-corrected chi connectivity index (χ0v) is 10.7. The van der Waals surface area contributed by atoms with Crippen LogP contribution in [0.5, 0.6) is 0 Å². The van der Waals surface area contributed by atoms with Gasteiger partial charge in [-0.05, 0) is 24.0 Å². The standard InChI is InChI=1S/C11H10F3N3OS/c1-19-15-6-7-2-4-8(5-3-7)9-16-17-10(18-9)11(12,13)14/h2-5,15H,6H2,1H3. The Morgan fingerprint density at radius 3 is 2.42 bits per heavy atom. The Morgan fingerprint density at radius 2 is 1.89 bits per heavy atom. The van der Waals surface area contributed by atoms with E-state index in [9.17, 15) is 13.2 Å². The van der Waals surface area contributed by atoms with Crippen molar-refractivity contribution in [2.45, 2.75) is 12.7 Å². The molecule has 0 atom stereocenters. The third-order valence-corrected chi connectivity index (χ3v) is 2.72. The molecule has 0 aliphatic carbocycles. The number of nitrogens with one attached hydrogen (secondary N) is 1. The first-order chi connectivity index (χ1) is 9.00. The van der Waals surface area contributed by atoms with Crippen molar-refractivity contribution in [3.63, 3.8) is 0 Å². The molecule has 0 fully saturated rings. The highest BCUT2D eigenvalue weighted by Gasteiger charge is 2.38. The summed E-state index contributed by atoms with van der Waals surface area (Å²) in [5, 5.41) is 6.37. The predicted molar refractivity (Wildman–Crippen MR) is 65.1 cm³/mol. The van der Waals surface area contributed by atoms with Crippen molar-refractivity contribution >= 4 is 11.9 Å². The molecule has 0 amide bonds. The minimum Gasteiger partial charge on any atom is -0.413 e. The minimum absolute atomic E-state index is 0.142. The SMILES string of the molecule is CSNCc1ccc(-c2nnc(C(F)(F)F)o2)cc1. The van der Waals surface area contributed by atoms with Gasteiger partial charge in [-0.1, -0.05) is 24.1 Å². The molecule has 0 spiro atoms. The van der Waals surface area contributed by atoms with Gasteiger partial charge in [0.2, 0.25) is 5.89 Å². The van der Waals surface area contributed by atoms with Gasteiger partial charge in [-0.15, -0.1) is 10.2 Å². The second-order valence-electron chi connectivity index (χ2n) is 3.63. The maximum Gasteiger partial charge on any atom is 0.470 e. The fraction of sp³-hybridized carbons (Fsp3) is 0.273. The van der Waals surface area contributed by atoms with E-state index in [2.05, 4.69) is 19.3 Å². The van der Waals surface area contributed by atoms with Gasteiger partial charge in [-0.25, -0.2) is 0 Å². The van der Waals surface area contributed by atoms with Crippen molar-refractivity contribution in [2.75, 3.05) is 6.26 Å². The van der Waals surface area contributed by atoms with Gasteiger partial charge in [-0.2, -0.15) is 13.2 Å². The third kappa shape index (κ3) is 3.48. The summed E-state index contributed by atoms with van der Waals surface area (Å²) in [4.78, 5) is 0. The van der Waals surface area contributed by atoms with Gasteiger partial charge in [0, 0.05) is 12.1 Å². The first kappa shape index (κ1) is 13.9. The monoisotopic (exact) mass is 289 g/mol. The van der Waals surface area contributed by atoms with Crippen LogP contribution >= 0.6 is 11.9 Å². The summed E-state index contributed by atoms with van der Waals surface area (Å²) in [6, 6.07) is 6.86. The molecule has 0 unspecified atom stereocenters. The van der Waals surface area contributed by atoms with E-state index >= 15 is 0 Å². The Kier molecular flexibility index (Phi) is 4.11. The molecule has 0 saturated heterocycles. The number of halogens is 3. The summed E-state index contributed by atoms with van der Waals surface area (Å²) < 4.78 is 44.6. The third-order valence-electron chi connectivity index (χ3n) is 2.29. The Bertz CT molecular complexity index is 539. The lowest BCUT2D eigenvalue weighted by atomic mass is 10.1. The molecule has 4 nitrogen and oxygen atoms in total. The molecule has 8 heteroatoms. The lowest BCUT2D eigenvalue weighted by molar-refractivity contribution is -0.156. The topological polar surface area (TPSA) is 51.0 Å². The molecular formula is C11H10F3N3OS. The molecule has 2 rings (SSSR count). The minimum atomic E-state index is -4.62. The summed E-state index contributed by atoms with van der Waals surface area (Å²) in [7, 11) is 0. The lowest BCUT2D eigenvalue weighted by Crippen LogP contribution is -2.04. The largest absolute Gasteiger partial charge is 0.470 e. The number of nitrogens with zero attached hydrogens (tertiary/aromatic N) is 2. The van der Waals surface area contributed by atoms with Gasteiger partial charge in [0.25, 0.3) is 0 Å². The van der Waals surface area contributed by atoms with Crippen LogP contribution in [0.15, 0.2) is 28.7 Å². The summed E-state index contributed by atoms with van der Waals surface area (Å²) in [6.07, 6.45) is -2.71. The average Bonchev–Trinajstić information content (AvgIpc) is 2.86. The van der Waals surface area contributed by atoms with E-state index in [1.54, 1.807) is 24.3 Å². The average molecular weight is 289 g/mol. The van der Waals surface area contributed by atoms with Crippen molar-refractivity contribution in [1.82, 2.24) is 14.9 Å². The Morgan fingerprint density at radius 1 is 1.21 bits per heavy atom. The van der Waals surface area contributed by atoms with Crippen molar-refractivity contribution in [2.24, 2.45) is 0 Å². The summed E-state index contributed by atoms with van der Waals surface area (Å²) in [5.41, 5.74) is 1.46. The molecule has 0 saturated carbocycles. The maximum atomic E-state index is 12.3. The first-order valence-electron chi connectivity index (χ1n) is 5.26. The number of alkyl halides is 3. The van der Waals surface area contributed by atoms with Crippen molar-refractivity contribution in [1.29, 1.82) is 0 Å². The van der Waals surface area contributed by atoms with Crippen LogP contribution in [-0.2, 0) is 12.7 Å². The molecule has 1 N–H and O–H groups in total. The second kappa shape index (κ2) is 5.62. The molecule has 102 valence electrons. The predicted octanol–water partition coefficient (Wildman–Crippen LogP) is 3.12. The van der Waals surface area contributed by atoms with Crippen LogP contribution in [0.4, 0.5) is 13.2 Å². The summed E-state index contributed by atoms with van der Waals surface area (Å²) in [5.74, 6) is -1.48. The number of hydrogen-bond acceptors (Lipinski definition) is 5. The smallest absolute Gasteiger partial charge is 0.413 e. The van der Waals surface area contributed by atoms with E-state index in [1.807, 2.05) is 6.26 Å². The van der Waals surface area contributed by atoms with Crippen molar-refractivity contribution < 1.29 is 17.6 Å². The number of hydrogen-bond donors (Lipinski definition) is 1. The van der Waals surface area contributed by atoms with Crippen LogP contribution in [-0.4, -0.2) is 16.5 Å². The molecule has 0 aliphatic rings. The quantitative estimate of drug-likeness (QED) is 0.876. The highest BCUT2D eigenvalue weighted by atomic mass is 32.2. The van der Waals surface area contributed by atoms with E-state index in [-0.39, 0.29) is 5.89 Å². The Hall–Kier alpha value is -1.54. The first-order valence-corrected chi connectivity index (χ1v) is 6.49. The van der Waals surface area contributed by atoms with Crippen molar-refractivity contribution in [3.8, 4) is 11.5 Å². The Balaban J connectivity index is 2.16. The van der Waals surface area contributed by atoms with E-state index in [1.165, 1.54) is 11.9 Å². The van der Waals surface area contributed by atoms with Gasteiger partial charge in [0.05, 0.1) is 0 Å². The van der Waals surface area contributed by atoms with Crippen LogP contribution in [0.1, 0.15) is 11.5 Å². The zero-order valence-electron chi connectivity index (χ0n) is 9.86. The molecule has 0 aliphatic heterocycles. The van der Waals surface area contributed by atoms with Crippen LogP contribution in [0.3, 0.4) is 0 Å². The highest BCUT2D eigenvalue weighted by Crippen LogP contribution is 2.30. The maximum absolute atomic E-state index is 12.3. The van der Waals surface area contributed by atoms with Crippen molar-refractivity contribution in [3.05, 3.63) is 35.7 Å². The normalized spacial score (nSPS) is 11.8. The van der Waals surface area contributed by atoms with Crippen LogP contribution in [0.2, 0.25) is 0 Å². The van der Waals surface area contributed by atoms with Gasteiger partial charge < -0.3 is 4.42 Å². The van der Waals surface area contributed by atoms with Gasteiger partial charge in [-0.3, -0.25) is 4.72 Å². The number of aromatic nitrogens is 2. The van der Waals surface area contributed by atoms with Crippen LogP contribution < -0.4 is 4.72 Å². The highest BCUT2D eigenvalue weighted by molar-refractivity contribution is 7.96. The molecule has 0 bridgehead atoms. The fourth-order valence-corrected chi connectivity index (χ4v) is 1.69. The van der Waals surface area contributed by atoms with E-state index in [4.69, 9.17) is 0 Å². The molecule has 2 aromatic rings. The molecule has 1 heterocycles. The number of benzene rings is 1. The number of rotatable bonds is 4. The summed E-state index contributed by atoms with van der Waals surface area (Å²) >= 11 is 1.49. The molecular weight excluding hydrogens is 279 g/mol. The van der Waals surface area contributed by atoms with Gasteiger partial charge in [0.15, 0.2) is 0 Å². The lowest BCUT2D eigenvalue weighted by Gasteiger charge is -2.02. The van der Waals surface area contributed by atoms with Crippen LogP contribution in [0, 0.1) is 0 Å². The summed E-state index contributed by atoms with van der Waals surface area (Å²) in [6.45, 7) is 0.666. The molecule has 1 aromatic heterocycles. The van der Waals surface area contributed by atoms with E-state index in [0.717, 1.165) is 5.56 Å². The van der Waals surface area contributed by atoms with Crippen LogP contribution in [0.25, 0.3) is 11.5 Å². The second-order valence-corrected chi connectivity index (χ2v) is 4.33. The molecule has 19 heavy (non-hydrogen) atoms. The molecule has 1 aromatic carbocycles. The molecule has 0 radical (unpaired) electrons. The Labute approximate surface area is 111 Å². The van der Waals surface area contributed by atoms with Gasteiger partial charge >= 0.3 is 12.1 Å². The fourth-order valence-electron chi connectivity index (χ4n) is 1.38. The van der Waals surface area contributed by atoms with Gasteiger partial charge in [0.1, 0.15) is 0 Å². The van der Waals surface area contributed by atoms with E-state index < -0.39 is 12.1 Å².